The van der Waals surface area contributed by atoms with Crippen molar-refractivity contribution < 1.29 is 0 Å². The highest BCUT2D eigenvalue weighted by atomic mass is 32.2. The van der Waals surface area contributed by atoms with Crippen LogP contribution in [0.15, 0.2) is 5.38 Å². The molecule has 17 heavy (non-hydrogen) atoms. The Bertz CT molecular complexity index is 353. The number of hydrogen-bond donors (Lipinski definition) is 1. The standard InChI is InChI=1S/C12H20N2S3/c1-8-7-17-11(14-8)6-10(13-3)12-9(2)15-4-5-16-12/h7,9-10,12-13H,4-6H2,1-3H3. The van der Waals surface area contributed by atoms with Crippen LogP contribution in [-0.4, -0.2) is 40.1 Å². The molecule has 2 rings (SSSR count). The minimum Gasteiger partial charge on any atom is -0.315 e. The van der Waals surface area contributed by atoms with Gasteiger partial charge in [-0.15, -0.1) is 11.3 Å². The zero-order chi connectivity index (χ0) is 12.3. The van der Waals surface area contributed by atoms with Gasteiger partial charge in [-0.2, -0.15) is 23.5 Å². The molecule has 2 nitrogen and oxygen atoms in total. The Balaban J connectivity index is 2.00. The van der Waals surface area contributed by atoms with Crippen LogP contribution in [0.1, 0.15) is 17.6 Å². The third-order valence-electron chi connectivity index (χ3n) is 3.07. The maximum absolute atomic E-state index is 4.58. The lowest BCUT2D eigenvalue weighted by Gasteiger charge is -2.34. The van der Waals surface area contributed by atoms with E-state index in [-0.39, 0.29) is 0 Å². The van der Waals surface area contributed by atoms with E-state index < -0.39 is 0 Å². The number of likely N-dealkylation sites (N-methyl/N-ethyl adjacent to an activating group) is 1. The van der Waals surface area contributed by atoms with E-state index >= 15 is 0 Å². The molecule has 3 atom stereocenters. The summed E-state index contributed by atoms with van der Waals surface area (Å²) in [5.74, 6) is 2.59. The summed E-state index contributed by atoms with van der Waals surface area (Å²) in [6.07, 6.45) is 1.07. The Hall–Kier alpha value is 0.290. The number of aryl methyl sites for hydroxylation is 1. The highest BCUT2D eigenvalue weighted by Gasteiger charge is 2.30. The molecule has 1 saturated heterocycles. The zero-order valence-corrected chi connectivity index (χ0v) is 13.1. The predicted octanol–water partition coefficient (Wildman–Crippen LogP) is 2.82. The Kier molecular flexibility index (Phi) is 5.21. The quantitative estimate of drug-likeness (QED) is 0.921. The van der Waals surface area contributed by atoms with Gasteiger partial charge in [0, 0.05) is 45.5 Å². The van der Waals surface area contributed by atoms with Crippen molar-refractivity contribution in [3.63, 3.8) is 0 Å². The van der Waals surface area contributed by atoms with Crippen LogP contribution < -0.4 is 5.32 Å². The molecular formula is C12H20N2S3. The fraction of sp³-hybridized carbons (Fsp3) is 0.750. The monoisotopic (exact) mass is 288 g/mol. The van der Waals surface area contributed by atoms with Gasteiger partial charge in [0.1, 0.15) is 0 Å². The average Bonchev–Trinajstić information content (AvgIpc) is 2.73. The van der Waals surface area contributed by atoms with Crippen LogP contribution in [0.25, 0.3) is 0 Å². The number of nitrogens with one attached hydrogen (secondary N) is 1. The van der Waals surface area contributed by atoms with Crippen LogP contribution in [0, 0.1) is 6.92 Å². The first-order valence-corrected chi connectivity index (χ1v) is 9.00. The van der Waals surface area contributed by atoms with E-state index in [1.165, 1.54) is 16.5 Å². The van der Waals surface area contributed by atoms with Crippen molar-refractivity contribution >= 4 is 34.9 Å². The van der Waals surface area contributed by atoms with E-state index in [9.17, 15) is 0 Å². The molecule has 1 N–H and O–H groups in total. The molecule has 2 heterocycles. The first-order chi connectivity index (χ1) is 8.20. The number of hydrogen-bond acceptors (Lipinski definition) is 5. The SMILES string of the molecule is CNC(Cc1nc(C)cs1)C1SCCSC1C. The van der Waals surface area contributed by atoms with Gasteiger partial charge in [0.15, 0.2) is 0 Å². The Morgan fingerprint density at radius 1 is 1.47 bits per heavy atom. The van der Waals surface area contributed by atoms with Crippen molar-refractivity contribution in [1.29, 1.82) is 0 Å². The minimum atomic E-state index is 0.549. The summed E-state index contributed by atoms with van der Waals surface area (Å²) in [6.45, 7) is 4.43. The minimum absolute atomic E-state index is 0.549. The maximum Gasteiger partial charge on any atom is 0.0944 e. The fourth-order valence-electron chi connectivity index (χ4n) is 2.16. The molecule has 1 aromatic rings. The number of nitrogens with zero attached hydrogens (tertiary/aromatic N) is 1. The first-order valence-electron chi connectivity index (χ1n) is 6.02. The lowest BCUT2D eigenvalue weighted by Crippen LogP contribution is -2.44. The summed E-state index contributed by atoms with van der Waals surface area (Å²) in [5, 5.41) is 8.36. The molecule has 0 saturated carbocycles. The van der Waals surface area contributed by atoms with Crippen LogP contribution in [0.2, 0.25) is 0 Å². The van der Waals surface area contributed by atoms with E-state index in [1.54, 1.807) is 11.3 Å². The second-order valence-corrected chi connectivity index (χ2v) is 8.11. The molecule has 0 bridgehead atoms. The maximum atomic E-state index is 4.58. The number of rotatable bonds is 4. The van der Waals surface area contributed by atoms with Crippen LogP contribution in [0.3, 0.4) is 0 Å². The normalized spacial score (nSPS) is 27.0. The van der Waals surface area contributed by atoms with Gasteiger partial charge in [0.2, 0.25) is 0 Å². The van der Waals surface area contributed by atoms with E-state index in [0.29, 0.717) is 11.3 Å². The third kappa shape index (κ3) is 3.63. The second-order valence-electron chi connectivity index (χ2n) is 4.39. The summed E-state index contributed by atoms with van der Waals surface area (Å²) >= 11 is 6.02. The van der Waals surface area contributed by atoms with Gasteiger partial charge in [0.05, 0.1) is 5.01 Å². The summed E-state index contributed by atoms with van der Waals surface area (Å²) < 4.78 is 0. The molecule has 1 aliphatic rings. The number of aromatic nitrogens is 1. The van der Waals surface area contributed by atoms with Crippen molar-refractivity contribution in [1.82, 2.24) is 10.3 Å². The van der Waals surface area contributed by atoms with E-state index in [1.807, 2.05) is 0 Å². The van der Waals surface area contributed by atoms with Crippen molar-refractivity contribution in [2.75, 3.05) is 18.6 Å². The van der Waals surface area contributed by atoms with Gasteiger partial charge in [-0.25, -0.2) is 4.98 Å². The highest BCUT2D eigenvalue weighted by Crippen LogP contribution is 2.34. The van der Waals surface area contributed by atoms with Gasteiger partial charge in [0.25, 0.3) is 0 Å². The lowest BCUT2D eigenvalue weighted by molar-refractivity contribution is 0.529. The van der Waals surface area contributed by atoms with Crippen LogP contribution in [-0.2, 0) is 6.42 Å². The van der Waals surface area contributed by atoms with E-state index in [4.69, 9.17) is 0 Å². The molecule has 0 radical (unpaired) electrons. The van der Waals surface area contributed by atoms with E-state index in [0.717, 1.165) is 17.4 Å². The van der Waals surface area contributed by atoms with Crippen molar-refractivity contribution in [3.8, 4) is 0 Å². The van der Waals surface area contributed by atoms with Crippen LogP contribution in [0.5, 0.6) is 0 Å². The molecule has 0 aromatic carbocycles. The lowest BCUT2D eigenvalue weighted by atomic mass is 10.1. The zero-order valence-electron chi connectivity index (χ0n) is 10.6. The van der Waals surface area contributed by atoms with E-state index in [2.05, 4.69) is 60.1 Å². The molecule has 0 spiro atoms. The molecule has 5 heteroatoms. The topological polar surface area (TPSA) is 24.9 Å². The molecular weight excluding hydrogens is 268 g/mol. The Labute approximate surface area is 116 Å². The van der Waals surface area contributed by atoms with Gasteiger partial charge in [-0.05, 0) is 14.0 Å². The van der Waals surface area contributed by atoms with Crippen LogP contribution in [0.4, 0.5) is 0 Å². The van der Waals surface area contributed by atoms with Gasteiger partial charge in [-0.1, -0.05) is 6.92 Å². The van der Waals surface area contributed by atoms with Gasteiger partial charge < -0.3 is 5.32 Å². The average molecular weight is 289 g/mol. The molecule has 1 aliphatic heterocycles. The highest BCUT2D eigenvalue weighted by molar-refractivity contribution is 8.07. The smallest absolute Gasteiger partial charge is 0.0944 e. The van der Waals surface area contributed by atoms with Gasteiger partial charge in [-0.3, -0.25) is 0 Å². The summed E-state index contributed by atoms with van der Waals surface area (Å²) in [7, 11) is 2.08. The fourth-order valence-corrected chi connectivity index (χ4v) is 5.99. The molecule has 3 unspecified atom stereocenters. The van der Waals surface area contributed by atoms with Crippen molar-refractivity contribution in [2.24, 2.45) is 0 Å². The second kappa shape index (κ2) is 6.45. The molecule has 0 aliphatic carbocycles. The summed E-state index contributed by atoms with van der Waals surface area (Å²) in [4.78, 5) is 4.58. The predicted molar refractivity (Wildman–Crippen MR) is 81.6 cm³/mol. The molecule has 1 aromatic heterocycles. The number of thiazole rings is 1. The Morgan fingerprint density at radius 2 is 2.24 bits per heavy atom. The number of thioether (sulfide) groups is 2. The summed E-state index contributed by atoms with van der Waals surface area (Å²) in [5.41, 5.74) is 1.15. The molecule has 1 fully saturated rings. The molecule has 0 amide bonds. The first kappa shape index (κ1) is 13.7. The van der Waals surface area contributed by atoms with Crippen molar-refractivity contribution in [3.05, 3.63) is 16.1 Å². The molecule has 96 valence electrons. The third-order valence-corrected chi connectivity index (χ3v) is 7.31. The largest absolute Gasteiger partial charge is 0.315 e. The Morgan fingerprint density at radius 3 is 2.82 bits per heavy atom. The van der Waals surface area contributed by atoms with Crippen LogP contribution >= 0.6 is 34.9 Å². The summed E-state index contributed by atoms with van der Waals surface area (Å²) in [6, 6.07) is 0.549. The van der Waals surface area contributed by atoms with Crippen molar-refractivity contribution in [2.45, 2.75) is 36.8 Å². The van der Waals surface area contributed by atoms with Gasteiger partial charge >= 0.3 is 0 Å².